The topological polar surface area (TPSA) is 83.0 Å². The lowest BCUT2D eigenvalue weighted by atomic mass is 10.1. The van der Waals surface area contributed by atoms with Gasteiger partial charge in [0.2, 0.25) is 0 Å². The van der Waals surface area contributed by atoms with E-state index in [1.807, 2.05) is 12.1 Å². The molecule has 0 radical (unpaired) electrons. The molecule has 1 aromatic heterocycles. The molecule has 7 heteroatoms. The largest absolute Gasteiger partial charge is 0.466 e. The highest BCUT2D eigenvalue weighted by Crippen LogP contribution is 2.17. The van der Waals surface area contributed by atoms with Gasteiger partial charge in [-0.15, -0.1) is 0 Å². The molecule has 0 spiro atoms. The van der Waals surface area contributed by atoms with E-state index in [0.717, 1.165) is 5.56 Å². The van der Waals surface area contributed by atoms with Crippen molar-refractivity contribution in [1.29, 1.82) is 0 Å². The molecule has 120 valence electrons. The van der Waals surface area contributed by atoms with Crippen LogP contribution in [0.1, 0.15) is 18.9 Å². The van der Waals surface area contributed by atoms with Crippen molar-refractivity contribution in [3.05, 3.63) is 30.1 Å². The van der Waals surface area contributed by atoms with Crippen LogP contribution in [0, 0.1) is 0 Å². The molecule has 1 aliphatic rings. The van der Waals surface area contributed by atoms with Gasteiger partial charge in [0.15, 0.2) is 0 Å². The first-order chi connectivity index (χ1) is 10.6. The molecule has 7 nitrogen and oxygen atoms in total. The summed E-state index contributed by atoms with van der Waals surface area (Å²) in [6.45, 7) is 4.12. The first-order valence-electron chi connectivity index (χ1n) is 7.36. The molecule has 1 fully saturated rings. The van der Waals surface area contributed by atoms with Crippen LogP contribution in [-0.2, 0) is 16.1 Å². The molecule has 22 heavy (non-hydrogen) atoms. The smallest absolute Gasteiger partial charge is 0.407 e. The van der Waals surface area contributed by atoms with Crippen molar-refractivity contribution in [2.24, 2.45) is 0 Å². The van der Waals surface area contributed by atoms with Gasteiger partial charge in [0.1, 0.15) is 0 Å². The zero-order chi connectivity index (χ0) is 15.9. The van der Waals surface area contributed by atoms with Crippen LogP contribution in [0.3, 0.4) is 0 Å². The average molecular weight is 307 g/mol. The Bertz CT molecular complexity index is 509. The Balaban J connectivity index is 2.04. The van der Waals surface area contributed by atoms with Crippen LogP contribution in [0.2, 0.25) is 0 Å². The molecule has 0 bridgehead atoms. The third-order valence-corrected chi connectivity index (χ3v) is 3.72. The lowest BCUT2D eigenvalue weighted by Crippen LogP contribution is -2.54. The lowest BCUT2D eigenvalue weighted by Gasteiger charge is -2.40. The van der Waals surface area contributed by atoms with E-state index in [1.165, 1.54) is 4.90 Å². The number of hydrogen-bond donors (Lipinski definition) is 1. The fourth-order valence-electron chi connectivity index (χ4n) is 2.60. The van der Waals surface area contributed by atoms with E-state index < -0.39 is 6.09 Å². The van der Waals surface area contributed by atoms with Crippen molar-refractivity contribution in [2.75, 3.05) is 26.2 Å². The zero-order valence-corrected chi connectivity index (χ0v) is 12.6. The highest BCUT2D eigenvalue weighted by Gasteiger charge is 2.31. The Morgan fingerprint density at radius 1 is 1.36 bits per heavy atom. The lowest BCUT2D eigenvalue weighted by molar-refractivity contribution is -0.145. The Morgan fingerprint density at radius 2 is 2.09 bits per heavy atom. The Hall–Kier alpha value is -2.15. The van der Waals surface area contributed by atoms with E-state index in [4.69, 9.17) is 9.84 Å². The molecule has 1 amide bonds. The van der Waals surface area contributed by atoms with Gasteiger partial charge in [-0.1, -0.05) is 0 Å². The van der Waals surface area contributed by atoms with Gasteiger partial charge < -0.3 is 14.7 Å². The summed E-state index contributed by atoms with van der Waals surface area (Å²) in [6, 6.07) is 3.67. The van der Waals surface area contributed by atoms with Crippen LogP contribution in [0.5, 0.6) is 0 Å². The number of carbonyl (C=O) groups is 2. The number of carbonyl (C=O) groups excluding carboxylic acids is 1. The molecule has 0 aliphatic carbocycles. The van der Waals surface area contributed by atoms with Gasteiger partial charge in [0, 0.05) is 44.6 Å². The number of hydrogen-bond acceptors (Lipinski definition) is 5. The van der Waals surface area contributed by atoms with Crippen molar-refractivity contribution in [3.8, 4) is 0 Å². The number of aromatic nitrogens is 1. The maximum atomic E-state index is 11.8. The molecule has 1 N–H and O–H groups in total. The number of nitrogens with zero attached hydrogens (tertiary/aromatic N) is 3. The molecule has 1 aromatic rings. The quantitative estimate of drug-likeness (QED) is 0.823. The maximum absolute atomic E-state index is 11.8. The number of ether oxygens (including phenoxy) is 1. The van der Waals surface area contributed by atoms with Crippen LogP contribution < -0.4 is 0 Å². The van der Waals surface area contributed by atoms with Crippen molar-refractivity contribution in [2.45, 2.75) is 25.9 Å². The first-order valence-corrected chi connectivity index (χ1v) is 7.36. The minimum atomic E-state index is -0.947. The number of pyridine rings is 1. The zero-order valence-electron chi connectivity index (χ0n) is 12.6. The number of esters is 1. The summed E-state index contributed by atoms with van der Waals surface area (Å²) in [7, 11) is 0. The summed E-state index contributed by atoms with van der Waals surface area (Å²) in [4.78, 5) is 30.4. The second-order valence-electron chi connectivity index (χ2n) is 5.22. The highest BCUT2D eigenvalue weighted by molar-refractivity contribution is 5.70. The summed E-state index contributed by atoms with van der Waals surface area (Å²) < 4.78 is 5.00. The van der Waals surface area contributed by atoms with Gasteiger partial charge in [-0.25, -0.2) is 4.79 Å². The molecule has 1 aliphatic heterocycles. The van der Waals surface area contributed by atoms with Crippen molar-refractivity contribution in [3.63, 3.8) is 0 Å². The Morgan fingerprint density at radius 3 is 2.73 bits per heavy atom. The van der Waals surface area contributed by atoms with Crippen molar-refractivity contribution >= 4 is 12.1 Å². The Labute approximate surface area is 129 Å². The van der Waals surface area contributed by atoms with Gasteiger partial charge in [-0.2, -0.15) is 0 Å². The second kappa shape index (κ2) is 7.74. The minimum absolute atomic E-state index is 0.169. The summed E-state index contributed by atoms with van der Waals surface area (Å²) in [5, 5.41) is 9.15. The normalized spacial score (nSPS) is 19.0. The predicted octanol–water partition coefficient (Wildman–Crippen LogP) is 1.20. The SMILES string of the molecule is CCOC(=O)C[C@H]1CN(C(=O)O)CCN1Cc1ccncc1. The van der Waals surface area contributed by atoms with Crippen molar-refractivity contribution < 1.29 is 19.4 Å². The molecule has 0 unspecified atom stereocenters. The summed E-state index contributed by atoms with van der Waals surface area (Å²) in [6.07, 6.45) is 2.70. The van der Waals surface area contributed by atoms with E-state index >= 15 is 0 Å². The van der Waals surface area contributed by atoms with E-state index in [0.29, 0.717) is 32.8 Å². The summed E-state index contributed by atoms with van der Waals surface area (Å²) >= 11 is 0. The van der Waals surface area contributed by atoms with Gasteiger partial charge >= 0.3 is 12.1 Å². The van der Waals surface area contributed by atoms with Crippen LogP contribution in [0.4, 0.5) is 4.79 Å². The average Bonchev–Trinajstić information content (AvgIpc) is 2.50. The van der Waals surface area contributed by atoms with Crippen LogP contribution in [0.25, 0.3) is 0 Å². The van der Waals surface area contributed by atoms with Gasteiger partial charge in [0.05, 0.1) is 13.0 Å². The molecule has 2 rings (SSSR count). The standard InChI is InChI=1S/C15H21N3O4/c1-2-22-14(19)9-13-11-18(15(20)21)8-7-17(13)10-12-3-5-16-6-4-12/h3-6,13H,2,7-11H2,1H3,(H,20,21)/t13-/m0/s1. The third kappa shape index (κ3) is 4.42. The number of rotatable bonds is 5. The van der Waals surface area contributed by atoms with E-state index in [1.54, 1.807) is 19.3 Å². The van der Waals surface area contributed by atoms with E-state index in [-0.39, 0.29) is 18.4 Å². The highest BCUT2D eigenvalue weighted by atomic mass is 16.5. The first kappa shape index (κ1) is 16.2. The molecule has 0 aromatic carbocycles. The molecular formula is C15H21N3O4. The summed E-state index contributed by atoms with van der Waals surface area (Å²) in [5.74, 6) is -0.292. The number of carboxylic acid groups (broad SMARTS) is 1. The van der Waals surface area contributed by atoms with Gasteiger partial charge in [0.25, 0.3) is 0 Å². The van der Waals surface area contributed by atoms with Crippen LogP contribution >= 0.6 is 0 Å². The van der Waals surface area contributed by atoms with Crippen LogP contribution in [0.15, 0.2) is 24.5 Å². The van der Waals surface area contributed by atoms with E-state index in [9.17, 15) is 9.59 Å². The van der Waals surface area contributed by atoms with Gasteiger partial charge in [-0.05, 0) is 24.6 Å². The number of piperazine rings is 1. The van der Waals surface area contributed by atoms with Crippen LogP contribution in [-0.4, -0.2) is 64.2 Å². The number of amides is 1. The van der Waals surface area contributed by atoms with E-state index in [2.05, 4.69) is 9.88 Å². The van der Waals surface area contributed by atoms with Gasteiger partial charge in [-0.3, -0.25) is 14.7 Å². The monoisotopic (exact) mass is 307 g/mol. The predicted molar refractivity (Wildman–Crippen MR) is 79.3 cm³/mol. The molecule has 1 atom stereocenters. The fraction of sp³-hybridized carbons (Fsp3) is 0.533. The fourth-order valence-corrected chi connectivity index (χ4v) is 2.60. The third-order valence-electron chi connectivity index (χ3n) is 3.72. The summed E-state index contributed by atoms with van der Waals surface area (Å²) in [5.41, 5.74) is 1.09. The Kier molecular flexibility index (Phi) is 5.71. The second-order valence-corrected chi connectivity index (χ2v) is 5.22. The van der Waals surface area contributed by atoms with Crippen molar-refractivity contribution in [1.82, 2.24) is 14.8 Å². The molecule has 0 saturated carbocycles. The molecule has 2 heterocycles. The maximum Gasteiger partial charge on any atom is 0.407 e. The molecular weight excluding hydrogens is 286 g/mol. The molecule has 1 saturated heterocycles. The minimum Gasteiger partial charge on any atom is -0.466 e.